The van der Waals surface area contributed by atoms with Crippen molar-refractivity contribution >= 4 is 21.1 Å². The minimum atomic E-state index is -3.82. The smallest absolute Gasteiger partial charge is 0.420 e. The lowest BCUT2D eigenvalue weighted by atomic mass is 10.2. The van der Waals surface area contributed by atoms with Gasteiger partial charge in [-0.25, -0.2) is 17.9 Å². The molecular formula is C19H18N4O6S. The topological polar surface area (TPSA) is 129 Å². The van der Waals surface area contributed by atoms with E-state index in [1.165, 1.54) is 22.8 Å². The number of aryl methyl sites for hydroxylation is 1. The van der Waals surface area contributed by atoms with Crippen LogP contribution in [-0.4, -0.2) is 30.2 Å². The average Bonchev–Trinajstić information content (AvgIpc) is 3.29. The number of aromatic nitrogens is 3. The largest absolute Gasteiger partial charge is 0.497 e. The van der Waals surface area contributed by atoms with Gasteiger partial charge in [0.25, 0.3) is 0 Å². The van der Waals surface area contributed by atoms with Crippen LogP contribution in [0.5, 0.6) is 5.75 Å². The van der Waals surface area contributed by atoms with E-state index in [1.54, 1.807) is 38.3 Å². The number of ether oxygens (including phenoxy) is 1. The molecule has 0 spiro atoms. The first-order valence-electron chi connectivity index (χ1n) is 8.91. The Labute approximate surface area is 171 Å². The Morgan fingerprint density at radius 3 is 2.60 bits per heavy atom. The second-order valence-corrected chi connectivity index (χ2v) is 8.25. The molecule has 4 aromatic rings. The zero-order valence-electron chi connectivity index (χ0n) is 16.2. The molecule has 2 heterocycles. The third-order valence-electron chi connectivity index (χ3n) is 4.44. The van der Waals surface area contributed by atoms with Crippen LogP contribution in [-0.2, 0) is 23.1 Å². The molecule has 0 unspecified atom stereocenters. The molecule has 0 aliphatic rings. The second-order valence-electron chi connectivity index (χ2n) is 6.49. The molecule has 11 heteroatoms. The maximum atomic E-state index is 12.7. The lowest BCUT2D eigenvalue weighted by molar-refractivity contribution is 0.385. The van der Waals surface area contributed by atoms with Gasteiger partial charge >= 0.3 is 5.76 Å². The van der Waals surface area contributed by atoms with Crippen molar-refractivity contribution in [2.24, 2.45) is 0 Å². The van der Waals surface area contributed by atoms with Crippen molar-refractivity contribution in [3.63, 3.8) is 0 Å². The van der Waals surface area contributed by atoms with Crippen LogP contribution >= 0.6 is 0 Å². The molecule has 0 atom stereocenters. The number of rotatable bonds is 7. The first-order valence-corrected chi connectivity index (χ1v) is 10.4. The van der Waals surface area contributed by atoms with Gasteiger partial charge in [0.05, 0.1) is 24.1 Å². The van der Waals surface area contributed by atoms with Crippen LogP contribution in [0.25, 0.3) is 11.1 Å². The molecule has 0 radical (unpaired) electrons. The van der Waals surface area contributed by atoms with Gasteiger partial charge in [0.15, 0.2) is 11.4 Å². The van der Waals surface area contributed by atoms with Crippen LogP contribution in [0.3, 0.4) is 0 Å². The Bertz CT molecular complexity index is 1350. The Balaban J connectivity index is 1.57. The van der Waals surface area contributed by atoms with Gasteiger partial charge in [-0.1, -0.05) is 17.3 Å². The van der Waals surface area contributed by atoms with Crippen molar-refractivity contribution in [3.05, 3.63) is 70.3 Å². The van der Waals surface area contributed by atoms with E-state index in [-0.39, 0.29) is 23.6 Å². The second kappa shape index (κ2) is 7.76. The first kappa shape index (κ1) is 19.9. The van der Waals surface area contributed by atoms with Crippen molar-refractivity contribution in [3.8, 4) is 5.75 Å². The summed E-state index contributed by atoms with van der Waals surface area (Å²) in [6.45, 7) is 1.79. The van der Waals surface area contributed by atoms with Crippen molar-refractivity contribution in [1.29, 1.82) is 0 Å². The summed E-state index contributed by atoms with van der Waals surface area (Å²) in [6.07, 6.45) is 0. The molecule has 30 heavy (non-hydrogen) atoms. The summed E-state index contributed by atoms with van der Waals surface area (Å²) >= 11 is 0. The summed E-state index contributed by atoms with van der Waals surface area (Å²) in [7, 11) is -2.26. The summed E-state index contributed by atoms with van der Waals surface area (Å²) in [4.78, 5) is 16.3. The van der Waals surface area contributed by atoms with Crippen LogP contribution in [0, 0.1) is 6.92 Å². The summed E-state index contributed by atoms with van der Waals surface area (Å²) in [5, 5.41) is 3.76. The van der Waals surface area contributed by atoms with E-state index in [0.29, 0.717) is 23.0 Å². The molecule has 0 fully saturated rings. The van der Waals surface area contributed by atoms with Gasteiger partial charge in [-0.3, -0.25) is 4.57 Å². The maximum Gasteiger partial charge on any atom is 0.420 e. The number of fused-ring (bicyclic) bond motifs is 1. The number of nitrogens with one attached hydrogen (secondary N) is 1. The van der Waals surface area contributed by atoms with Crippen LogP contribution in [0.15, 0.2) is 61.1 Å². The van der Waals surface area contributed by atoms with Gasteiger partial charge in [-0.05, 0) is 29.8 Å². The Morgan fingerprint density at radius 2 is 1.93 bits per heavy atom. The lowest BCUT2D eigenvalue weighted by Crippen LogP contribution is -2.23. The van der Waals surface area contributed by atoms with Crippen LogP contribution in [0.1, 0.15) is 17.3 Å². The highest BCUT2D eigenvalue weighted by atomic mass is 32.2. The Morgan fingerprint density at radius 1 is 1.17 bits per heavy atom. The van der Waals surface area contributed by atoms with E-state index in [1.807, 2.05) is 0 Å². The predicted molar refractivity (Wildman–Crippen MR) is 106 cm³/mol. The molecule has 10 nitrogen and oxygen atoms in total. The van der Waals surface area contributed by atoms with Gasteiger partial charge in [-0.2, -0.15) is 4.98 Å². The fourth-order valence-electron chi connectivity index (χ4n) is 2.92. The van der Waals surface area contributed by atoms with E-state index in [0.717, 1.165) is 5.56 Å². The number of sulfonamides is 1. The zero-order valence-corrected chi connectivity index (χ0v) is 17.0. The normalized spacial score (nSPS) is 11.8. The molecule has 4 rings (SSSR count). The van der Waals surface area contributed by atoms with Crippen molar-refractivity contribution in [2.75, 3.05) is 7.11 Å². The average molecular weight is 430 g/mol. The number of nitrogens with zero attached hydrogens (tertiary/aromatic N) is 3. The molecule has 0 aliphatic heterocycles. The highest BCUT2D eigenvalue weighted by molar-refractivity contribution is 7.89. The van der Waals surface area contributed by atoms with Crippen LogP contribution in [0.2, 0.25) is 0 Å². The molecule has 0 aliphatic carbocycles. The van der Waals surface area contributed by atoms with Gasteiger partial charge < -0.3 is 13.7 Å². The van der Waals surface area contributed by atoms with E-state index in [9.17, 15) is 13.2 Å². The fourth-order valence-corrected chi connectivity index (χ4v) is 3.95. The lowest BCUT2D eigenvalue weighted by Gasteiger charge is -2.08. The summed E-state index contributed by atoms with van der Waals surface area (Å²) < 4.78 is 44.4. The zero-order chi connectivity index (χ0) is 21.3. The number of hydrogen-bond acceptors (Lipinski definition) is 8. The minimum Gasteiger partial charge on any atom is -0.497 e. The monoisotopic (exact) mass is 430 g/mol. The molecule has 1 N–H and O–H groups in total. The van der Waals surface area contributed by atoms with E-state index in [2.05, 4.69) is 14.9 Å². The standard InChI is InChI=1S/C19H18N4O6S/c1-12-21-18(22-29-12)11-23-16-8-7-15(9-17(16)28-19(23)24)30(25,26)20-10-13-3-5-14(27-2)6-4-13/h3-9,20H,10-11H2,1-2H3. The quantitative estimate of drug-likeness (QED) is 0.470. The van der Waals surface area contributed by atoms with Crippen LogP contribution < -0.4 is 15.2 Å². The third-order valence-corrected chi connectivity index (χ3v) is 5.84. The molecule has 156 valence electrons. The van der Waals surface area contributed by atoms with E-state index >= 15 is 0 Å². The number of methoxy groups -OCH3 is 1. The summed E-state index contributed by atoms with van der Waals surface area (Å²) in [5.74, 6) is 0.730. The molecule has 0 saturated carbocycles. The highest BCUT2D eigenvalue weighted by Gasteiger charge is 2.18. The fraction of sp³-hybridized carbons (Fsp3) is 0.211. The number of oxazole rings is 1. The predicted octanol–water partition coefficient (Wildman–Crippen LogP) is 1.82. The molecule has 0 amide bonds. The number of hydrogen-bond donors (Lipinski definition) is 1. The van der Waals surface area contributed by atoms with Gasteiger partial charge in [-0.15, -0.1) is 0 Å². The van der Waals surface area contributed by atoms with Gasteiger partial charge in [0.1, 0.15) is 5.75 Å². The summed E-state index contributed by atoms with van der Waals surface area (Å²) in [6, 6.07) is 11.3. The van der Waals surface area contributed by atoms with E-state index in [4.69, 9.17) is 13.7 Å². The van der Waals surface area contributed by atoms with Crippen molar-refractivity contribution < 1.29 is 22.1 Å². The summed E-state index contributed by atoms with van der Waals surface area (Å²) in [5.41, 5.74) is 1.35. The third kappa shape index (κ3) is 3.98. The maximum absolute atomic E-state index is 12.7. The first-order chi connectivity index (χ1) is 14.4. The molecular weight excluding hydrogens is 412 g/mol. The Kier molecular flexibility index (Phi) is 5.14. The molecule has 0 bridgehead atoms. The highest BCUT2D eigenvalue weighted by Crippen LogP contribution is 2.20. The minimum absolute atomic E-state index is 0.0141. The Hall–Kier alpha value is -3.44. The van der Waals surface area contributed by atoms with Gasteiger partial charge in [0, 0.05) is 19.5 Å². The van der Waals surface area contributed by atoms with E-state index < -0.39 is 15.8 Å². The molecule has 2 aromatic carbocycles. The van der Waals surface area contributed by atoms with Crippen molar-refractivity contribution in [2.45, 2.75) is 24.9 Å². The number of benzene rings is 2. The SMILES string of the molecule is COc1ccc(CNS(=O)(=O)c2ccc3c(c2)oc(=O)n3Cc2noc(C)n2)cc1. The van der Waals surface area contributed by atoms with Crippen LogP contribution in [0.4, 0.5) is 0 Å². The molecule has 2 aromatic heterocycles. The van der Waals surface area contributed by atoms with Gasteiger partial charge in [0.2, 0.25) is 15.9 Å². The molecule has 0 saturated heterocycles. The van der Waals surface area contributed by atoms with Crippen molar-refractivity contribution in [1.82, 2.24) is 19.4 Å².